The van der Waals surface area contributed by atoms with Crippen molar-refractivity contribution in [2.24, 2.45) is 5.92 Å². The molecule has 1 aliphatic rings. The molecule has 4 heteroatoms. The fourth-order valence-electron chi connectivity index (χ4n) is 1.53. The Balaban J connectivity index is 1.84. The van der Waals surface area contributed by atoms with Gasteiger partial charge in [-0.25, -0.2) is 0 Å². The minimum absolute atomic E-state index is 0.0705. The maximum atomic E-state index is 11.6. The van der Waals surface area contributed by atoms with Gasteiger partial charge in [-0.15, -0.1) is 11.6 Å². The lowest BCUT2D eigenvalue weighted by Crippen LogP contribution is -2.30. The molecule has 0 spiro atoms. The summed E-state index contributed by atoms with van der Waals surface area (Å²) in [5.41, 5.74) is 0.592. The van der Waals surface area contributed by atoms with Crippen LogP contribution in [0.4, 0.5) is 0 Å². The smallest absolute Gasteiger partial charge is 0.254 e. The van der Waals surface area contributed by atoms with E-state index in [1.54, 1.807) is 13.0 Å². The fraction of sp³-hybridized carbons (Fsp3) is 0.545. The Morgan fingerprint density at radius 1 is 1.73 bits per heavy atom. The Morgan fingerprint density at radius 3 is 3.00 bits per heavy atom. The molecule has 82 valence electrons. The number of carbonyl (C=O) groups is 1. The highest BCUT2D eigenvalue weighted by Gasteiger charge is 2.29. The van der Waals surface area contributed by atoms with Gasteiger partial charge in [0.15, 0.2) is 0 Å². The van der Waals surface area contributed by atoms with Crippen molar-refractivity contribution < 1.29 is 9.21 Å². The molecule has 15 heavy (non-hydrogen) atoms. The van der Waals surface area contributed by atoms with Crippen molar-refractivity contribution in [2.45, 2.75) is 25.1 Å². The topological polar surface area (TPSA) is 42.2 Å². The summed E-state index contributed by atoms with van der Waals surface area (Å²) >= 11 is 6.09. The average Bonchev–Trinajstić information content (AvgIpc) is 2.98. The van der Waals surface area contributed by atoms with Crippen LogP contribution in [0.2, 0.25) is 0 Å². The van der Waals surface area contributed by atoms with Crippen molar-refractivity contribution >= 4 is 17.5 Å². The first-order valence-corrected chi connectivity index (χ1v) is 5.58. The Bertz CT molecular complexity index is 357. The third kappa shape index (κ3) is 2.53. The first-order chi connectivity index (χ1) is 7.18. The van der Waals surface area contributed by atoms with Gasteiger partial charge in [0.2, 0.25) is 0 Å². The van der Waals surface area contributed by atoms with Gasteiger partial charge in [-0.2, -0.15) is 0 Å². The van der Waals surface area contributed by atoms with Gasteiger partial charge in [0.25, 0.3) is 5.91 Å². The van der Waals surface area contributed by atoms with E-state index in [0.717, 1.165) is 0 Å². The van der Waals surface area contributed by atoms with Crippen LogP contribution < -0.4 is 5.32 Å². The number of nitrogens with one attached hydrogen (secondary N) is 1. The summed E-state index contributed by atoms with van der Waals surface area (Å²) in [6.07, 6.45) is 3.90. The third-order valence-corrected chi connectivity index (χ3v) is 3.21. The second-order valence-corrected chi connectivity index (χ2v) is 4.51. The number of hydrogen-bond donors (Lipinski definition) is 1. The van der Waals surface area contributed by atoms with E-state index < -0.39 is 0 Å². The molecule has 1 unspecified atom stereocenters. The van der Waals surface area contributed by atoms with Gasteiger partial charge in [0.1, 0.15) is 5.76 Å². The van der Waals surface area contributed by atoms with E-state index in [1.807, 2.05) is 0 Å². The predicted octanol–water partition coefficient (Wildman–Crippen LogP) is 2.34. The van der Waals surface area contributed by atoms with Crippen molar-refractivity contribution in [3.05, 3.63) is 23.7 Å². The summed E-state index contributed by atoms with van der Waals surface area (Å²) in [7, 11) is 0. The number of aryl methyl sites for hydroxylation is 1. The zero-order valence-electron chi connectivity index (χ0n) is 8.63. The largest absolute Gasteiger partial charge is 0.469 e. The van der Waals surface area contributed by atoms with E-state index in [1.165, 1.54) is 19.1 Å². The van der Waals surface area contributed by atoms with Crippen LogP contribution in [0.3, 0.4) is 0 Å². The molecule has 1 aromatic heterocycles. The molecule has 0 bridgehead atoms. The van der Waals surface area contributed by atoms with Crippen molar-refractivity contribution in [1.29, 1.82) is 0 Å². The van der Waals surface area contributed by atoms with E-state index in [-0.39, 0.29) is 11.3 Å². The molecule has 0 saturated heterocycles. The van der Waals surface area contributed by atoms with E-state index in [0.29, 0.717) is 23.8 Å². The molecule has 1 aromatic rings. The van der Waals surface area contributed by atoms with Crippen LogP contribution in [0.25, 0.3) is 0 Å². The maximum Gasteiger partial charge on any atom is 0.254 e. The van der Waals surface area contributed by atoms with E-state index >= 15 is 0 Å². The van der Waals surface area contributed by atoms with Crippen LogP contribution in [0.15, 0.2) is 16.7 Å². The molecule has 0 aliphatic heterocycles. The lowest BCUT2D eigenvalue weighted by Gasteiger charge is -2.08. The van der Waals surface area contributed by atoms with Gasteiger partial charge in [-0.1, -0.05) is 0 Å². The van der Waals surface area contributed by atoms with Gasteiger partial charge >= 0.3 is 0 Å². The minimum Gasteiger partial charge on any atom is -0.469 e. The van der Waals surface area contributed by atoms with Gasteiger partial charge in [-0.3, -0.25) is 4.79 Å². The fourth-order valence-corrected chi connectivity index (χ4v) is 1.86. The van der Waals surface area contributed by atoms with Crippen LogP contribution in [0.1, 0.15) is 29.0 Å². The molecule has 2 rings (SSSR count). The van der Waals surface area contributed by atoms with E-state index in [2.05, 4.69) is 5.32 Å². The van der Waals surface area contributed by atoms with Gasteiger partial charge in [-0.05, 0) is 31.7 Å². The zero-order valence-corrected chi connectivity index (χ0v) is 9.38. The maximum absolute atomic E-state index is 11.6. The molecule has 1 amide bonds. The SMILES string of the molecule is Cc1occc1C(=O)NCC(Cl)C1CC1. The highest BCUT2D eigenvalue weighted by Crippen LogP contribution is 2.35. The lowest BCUT2D eigenvalue weighted by atomic mass is 10.2. The molecule has 1 atom stereocenters. The monoisotopic (exact) mass is 227 g/mol. The average molecular weight is 228 g/mol. The summed E-state index contributed by atoms with van der Waals surface area (Å²) in [5.74, 6) is 1.13. The zero-order chi connectivity index (χ0) is 10.8. The highest BCUT2D eigenvalue weighted by molar-refractivity contribution is 6.21. The summed E-state index contributed by atoms with van der Waals surface area (Å²) in [6.45, 7) is 2.31. The molecular formula is C11H14ClNO2. The van der Waals surface area contributed by atoms with E-state index in [9.17, 15) is 4.79 Å². The number of rotatable bonds is 4. The van der Waals surface area contributed by atoms with Crippen molar-refractivity contribution in [2.75, 3.05) is 6.54 Å². The van der Waals surface area contributed by atoms with Gasteiger partial charge in [0, 0.05) is 6.54 Å². The van der Waals surface area contributed by atoms with Crippen LogP contribution in [0.5, 0.6) is 0 Å². The molecule has 1 fully saturated rings. The number of alkyl halides is 1. The van der Waals surface area contributed by atoms with Crippen LogP contribution in [-0.4, -0.2) is 17.8 Å². The normalized spacial score (nSPS) is 17.5. The summed E-state index contributed by atoms with van der Waals surface area (Å²) in [6, 6.07) is 1.67. The van der Waals surface area contributed by atoms with Gasteiger partial charge < -0.3 is 9.73 Å². The number of furan rings is 1. The number of halogens is 1. The quantitative estimate of drug-likeness (QED) is 0.803. The first-order valence-electron chi connectivity index (χ1n) is 5.15. The molecule has 1 N–H and O–H groups in total. The molecule has 0 radical (unpaired) electrons. The predicted molar refractivity (Wildman–Crippen MR) is 58.1 cm³/mol. The highest BCUT2D eigenvalue weighted by atomic mass is 35.5. The van der Waals surface area contributed by atoms with Crippen LogP contribution in [-0.2, 0) is 0 Å². The Kier molecular flexibility index (Phi) is 3.00. The van der Waals surface area contributed by atoms with Crippen molar-refractivity contribution in [3.63, 3.8) is 0 Å². The molecule has 1 aliphatic carbocycles. The summed E-state index contributed by atoms with van der Waals surface area (Å²) in [5, 5.41) is 2.89. The Labute approximate surface area is 93.8 Å². The molecule has 1 saturated carbocycles. The molecule has 0 aromatic carbocycles. The van der Waals surface area contributed by atoms with E-state index in [4.69, 9.17) is 16.0 Å². The second kappa shape index (κ2) is 4.27. The number of hydrogen-bond acceptors (Lipinski definition) is 2. The lowest BCUT2D eigenvalue weighted by molar-refractivity contribution is 0.0951. The molecule has 3 nitrogen and oxygen atoms in total. The van der Waals surface area contributed by atoms with Crippen molar-refractivity contribution in [3.8, 4) is 0 Å². The minimum atomic E-state index is -0.104. The first kappa shape index (κ1) is 10.6. The second-order valence-electron chi connectivity index (χ2n) is 3.95. The molecule has 1 heterocycles. The Morgan fingerprint density at radius 2 is 2.47 bits per heavy atom. The molecular weight excluding hydrogens is 214 g/mol. The van der Waals surface area contributed by atoms with Crippen LogP contribution >= 0.6 is 11.6 Å². The van der Waals surface area contributed by atoms with Gasteiger partial charge in [0.05, 0.1) is 17.2 Å². The summed E-state index contributed by atoms with van der Waals surface area (Å²) < 4.78 is 5.06. The van der Waals surface area contributed by atoms with Crippen LogP contribution in [0, 0.1) is 12.8 Å². The Hall–Kier alpha value is -0.960. The standard InChI is InChI=1S/C11H14ClNO2/c1-7-9(4-5-15-7)11(14)13-6-10(12)8-2-3-8/h4-5,8,10H,2-3,6H2,1H3,(H,13,14). The van der Waals surface area contributed by atoms with Crippen molar-refractivity contribution in [1.82, 2.24) is 5.32 Å². The third-order valence-electron chi connectivity index (χ3n) is 2.69. The number of carbonyl (C=O) groups excluding carboxylic acids is 1. The summed E-state index contributed by atoms with van der Waals surface area (Å²) in [4.78, 5) is 11.6. The number of amides is 1.